The third-order valence-corrected chi connectivity index (χ3v) is 6.65. The second kappa shape index (κ2) is 6.04. The average Bonchev–Trinajstić information content (AvgIpc) is 2.38. The first-order valence-electron chi connectivity index (χ1n) is 7.03. The number of alkyl halides is 1. The van der Waals surface area contributed by atoms with Gasteiger partial charge >= 0.3 is 0 Å². The Bertz CT molecular complexity index is 586. The van der Waals surface area contributed by atoms with E-state index in [2.05, 4.69) is 0 Å². The van der Waals surface area contributed by atoms with Crippen LogP contribution in [0.25, 0.3) is 0 Å². The van der Waals surface area contributed by atoms with Crippen LogP contribution in [0.5, 0.6) is 0 Å². The van der Waals surface area contributed by atoms with Gasteiger partial charge in [0.2, 0.25) is 10.0 Å². The van der Waals surface area contributed by atoms with Crippen molar-refractivity contribution in [3.8, 4) is 0 Å². The lowest BCUT2D eigenvalue weighted by molar-refractivity contribution is 0.291. The third kappa shape index (κ3) is 3.02. The predicted molar refractivity (Wildman–Crippen MR) is 82.8 cm³/mol. The van der Waals surface area contributed by atoms with E-state index in [1.54, 1.807) is 13.1 Å². The standard InChI is InChI=1S/C15H22ClNO2S/c1-11-8-9-15(12(2)10-11)20(18,19)17(3)14-7-5-4-6-13(14)16/h8-10,13-14H,4-7H2,1-3H3. The largest absolute Gasteiger partial charge is 0.243 e. The van der Waals surface area contributed by atoms with E-state index in [1.165, 1.54) is 4.31 Å². The number of benzene rings is 1. The highest BCUT2D eigenvalue weighted by Gasteiger charge is 2.34. The summed E-state index contributed by atoms with van der Waals surface area (Å²) >= 11 is 6.33. The third-order valence-electron chi connectivity index (χ3n) is 4.10. The van der Waals surface area contributed by atoms with Gasteiger partial charge < -0.3 is 0 Å². The molecule has 112 valence electrons. The lowest BCUT2D eigenvalue weighted by Gasteiger charge is -2.34. The molecule has 0 amide bonds. The summed E-state index contributed by atoms with van der Waals surface area (Å²) in [4.78, 5) is 0.389. The van der Waals surface area contributed by atoms with E-state index in [4.69, 9.17) is 11.6 Å². The SMILES string of the molecule is Cc1ccc(S(=O)(=O)N(C)C2CCCCC2Cl)c(C)c1. The van der Waals surface area contributed by atoms with Gasteiger partial charge in [0.1, 0.15) is 0 Å². The smallest absolute Gasteiger partial charge is 0.207 e. The normalized spacial score (nSPS) is 24.1. The zero-order valence-electron chi connectivity index (χ0n) is 12.3. The number of rotatable bonds is 3. The maximum absolute atomic E-state index is 12.8. The van der Waals surface area contributed by atoms with Crippen LogP contribution < -0.4 is 0 Å². The molecular formula is C15H22ClNO2S. The molecule has 1 saturated carbocycles. The Hall–Kier alpha value is -0.580. The van der Waals surface area contributed by atoms with Crippen LogP contribution in [0.1, 0.15) is 36.8 Å². The number of sulfonamides is 1. The molecule has 0 saturated heterocycles. The Morgan fingerprint density at radius 2 is 1.85 bits per heavy atom. The molecule has 2 rings (SSSR count). The molecule has 1 aromatic rings. The number of nitrogens with zero attached hydrogens (tertiary/aromatic N) is 1. The molecule has 20 heavy (non-hydrogen) atoms. The molecule has 5 heteroatoms. The summed E-state index contributed by atoms with van der Waals surface area (Å²) in [7, 11) is -1.82. The molecule has 0 radical (unpaired) electrons. The van der Waals surface area contributed by atoms with Gasteiger partial charge in [0, 0.05) is 13.1 Å². The summed E-state index contributed by atoms with van der Waals surface area (Å²) in [5, 5.41) is -0.0886. The highest BCUT2D eigenvalue weighted by atomic mass is 35.5. The summed E-state index contributed by atoms with van der Waals surface area (Å²) in [6.45, 7) is 3.80. The summed E-state index contributed by atoms with van der Waals surface area (Å²) in [5.74, 6) is 0. The van der Waals surface area contributed by atoms with Crippen LogP contribution in [0.2, 0.25) is 0 Å². The van der Waals surface area contributed by atoms with Gasteiger partial charge in [-0.1, -0.05) is 30.5 Å². The van der Waals surface area contributed by atoms with Gasteiger partial charge in [-0.2, -0.15) is 4.31 Å². The van der Waals surface area contributed by atoms with Crippen molar-refractivity contribution in [1.29, 1.82) is 0 Å². The second-order valence-electron chi connectivity index (χ2n) is 5.66. The lowest BCUT2D eigenvalue weighted by atomic mass is 9.95. The quantitative estimate of drug-likeness (QED) is 0.801. The van der Waals surface area contributed by atoms with Crippen LogP contribution in [-0.2, 0) is 10.0 Å². The van der Waals surface area contributed by atoms with Crippen LogP contribution in [0.15, 0.2) is 23.1 Å². The summed E-state index contributed by atoms with van der Waals surface area (Å²) in [5.41, 5.74) is 1.86. The molecule has 0 aromatic heterocycles. The van der Waals surface area contributed by atoms with Crippen LogP contribution in [0.3, 0.4) is 0 Å². The molecule has 0 aliphatic heterocycles. The highest BCUT2D eigenvalue weighted by molar-refractivity contribution is 7.89. The first kappa shape index (κ1) is 15.8. The minimum atomic E-state index is -3.47. The van der Waals surface area contributed by atoms with E-state index in [0.717, 1.165) is 36.8 Å². The van der Waals surface area contributed by atoms with Gasteiger partial charge in [-0.3, -0.25) is 0 Å². The van der Waals surface area contributed by atoms with Gasteiger partial charge in [0.05, 0.1) is 10.3 Å². The van der Waals surface area contributed by atoms with Gasteiger partial charge in [0.15, 0.2) is 0 Å². The van der Waals surface area contributed by atoms with Crippen molar-refractivity contribution in [2.45, 2.75) is 55.8 Å². The van der Waals surface area contributed by atoms with Crippen LogP contribution in [0, 0.1) is 13.8 Å². The van der Waals surface area contributed by atoms with Crippen molar-refractivity contribution in [1.82, 2.24) is 4.31 Å². The lowest BCUT2D eigenvalue weighted by Crippen LogP contribution is -2.44. The number of aryl methyl sites for hydroxylation is 2. The Kier molecular flexibility index (Phi) is 4.77. The Labute approximate surface area is 127 Å². The zero-order chi connectivity index (χ0) is 14.9. The predicted octanol–water partition coefficient (Wildman–Crippen LogP) is 3.47. The van der Waals surface area contributed by atoms with Crippen molar-refractivity contribution in [2.24, 2.45) is 0 Å². The van der Waals surface area contributed by atoms with E-state index in [1.807, 2.05) is 26.0 Å². The Morgan fingerprint density at radius 1 is 1.20 bits per heavy atom. The molecular weight excluding hydrogens is 294 g/mol. The van der Waals surface area contributed by atoms with Crippen LogP contribution in [0.4, 0.5) is 0 Å². The summed E-state index contributed by atoms with van der Waals surface area (Å²) in [6, 6.07) is 5.34. The van der Waals surface area contributed by atoms with Gasteiger partial charge in [-0.15, -0.1) is 11.6 Å². The van der Waals surface area contributed by atoms with Crippen molar-refractivity contribution in [3.05, 3.63) is 29.3 Å². The molecule has 1 aliphatic carbocycles. The van der Waals surface area contributed by atoms with Crippen molar-refractivity contribution in [3.63, 3.8) is 0 Å². The topological polar surface area (TPSA) is 37.4 Å². The van der Waals surface area contributed by atoms with E-state index >= 15 is 0 Å². The van der Waals surface area contributed by atoms with Gasteiger partial charge in [-0.05, 0) is 38.3 Å². The number of hydrogen-bond acceptors (Lipinski definition) is 2. The molecule has 0 heterocycles. The molecule has 0 spiro atoms. The monoisotopic (exact) mass is 315 g/mol. The molecule has 1 fully saturated rings. The van der Waals surface area contributed by atoms with Crippen LogP contribution in [-0.4, -0.2) is 31.2 Å². The highest BCUT2D eigenvalue weighted by Crippen LogP contribution is 2.30. The fraction of sp³-hybridized carbons (Fsp3) is 0.600. The van der Waals surface area contributed by atoms with Crippen molar-refractivity contribution in [2.75, 3.05) is 7.05 Å². The molecule has 1 aromatic carbocycles. The number of hydrogen-bond donors (Lipinski definition) is 0. The number of halogens is 1. The Balaban J connectivity index is 2.33. The minimum absolute atomic E-state index is 0.0886. The molecule has 0 N–H and O–H groups in total. The molecule has 0 bridgehead atoms. The van der Waals surface area contributed by atoms with Gasteiger partial charge in [0.25, 0.3) is 0 Å². The first-order chi connectivity index (χ1) is 9.34. The van der Waals surface area contributed by atoms with E-state index < -0.39 is 10.0 Å². The minimum Gasteiger partial charge on any atom is -0.207 e. The average molecular weight is 316 g/mol. The van der Waals surface area contributed by atoms with Crippen molar-refractivity contribution >= 4 is 21.6 Å². The molecule has 2 atom stereocenters. The summed E-state index contributed by atoms with van der Waals surface area (Å²) in [6.07, 6.45) is 3.86. The fourth-order valence-electron chi connectivity index (χ4n) is 2.90. The van der Waals surface area contributed by atoms with E-state index in [9.17, 15) is 8.42 Å². The summed E-state index contributed by atoms with van der Waals surface area (Å²) < 4.78 is 27.0. The maximum Gasteiger partial charge on any atom is 0.243 e. The van der Waals surface area contributed by atoms with Crippen LogP contribution >= 0.6 is 11.6 Å². The Morgan fingerprint density at radius 3 is 2.45 bits per heavy atom. The molecule has 2 unspecified atom stereocenters. The van der Waals surface area contributed by atoms with E-state index in [0.29, 0.717) is 4.90 Å². The van der Waals surface area contributed by atoms with Crippen molar-refractivity contribution < 1.29 is 8.42 Å². The zero-order valence-corrected chi connectivity index (χ0v) is 13.8. The molecule has 3 nitrogen and oxygen atoms in total. The maximum atomic E-state index is 12.8. The fourth-order valence-corrected chi connectivity index (χ4v) is 5.04. The van der Waals surface area contributed by atoms with E-state index in [-0.39, 0.29) is 11.4 Å². The first-order valence-corrected chi connectivity index (χ1v) is 8.91. The second-order valence-corrected chi connectivity index (χ2v) is 8.18. The van der Waals surface area contributed by atoms with Gasteiger partial charge in [-0.25, -0.2) is 8.42 Å². The molecule has 1 aliphatic rings.